The summed E-state index contributed by atoms with van der Waals surface area (Å²) < 4.78 is 10.3. The number of anilines is 1. The molecule has 0 aliphatic carbocycles. The molecule has 0 aliphatic rings. The Hall–Kier alpha value is -2.49. The highest BCUT2D eigenvalue weighted by atomic mass is 16.5. The molecule has 21 heavy (non-hydrogen) atoms. The zero-order chi connectivity index (χ0) is 15.1. The number of carbonyl (C=O) groups is 1. The first-order valence-electron chi connectivity index (χ1n) is 6.78. The summed E-state index contributed by atoms with van der Waals surface area (Å²) in [5.41, 5.74) is 1.62. The van der Waals surface area contributed by atoms with Gasteiger partial charge in [-0.3, -0.25) is 0 Å². The van der Waals surface area contributed by atoms with E-state index >= 15 is 0 Å². The Balaban J connectivity index is 1.81. The maximum atomic E-state index is 11.9. The summed E-state index contributed by atoms with van der Waals surface area (Å²) in [5, 5.41) is 0. The molecule has 0 aromatic heterocycles. The summed E-state index contributed by atoms with van der Waals surface area (Å²) in [4.78, 5) is 13.9. The van der Waals surface area contributed by atoms with Crippen molar-refractivity contribution < 1.29 is 14.3 Å². The first-order chi connectivity index (χ1) is 10.2. The molecule has 4 nitrogen and oxygen atoms in total. The van der Waals surface area contributed by atoms with Gasteiger partial charge in [-0.2, -0.15) is 0 Å². The molecule has 0 saturated carbocycles. The summed E-state index contributed by atoms with van der Waals surface area (Å²) in [6.45, 7) is 0.988. The van der Waals surface area contributed by atoms with Crippen molar-refractivity contribution in [1.82, 2.24) is 0 Å². The fourth-order valence-corrected chi connectivity index (χ4v) is 1.90. The van der Waals surface area contributed by atoms with Gasteiger partial charge >= 0.3 is 5.97 Å². The predicted molar refractivity (Wildman–Crippen MR) is 83.0 cm³/mol. The molecule has 0 unspecified atom stereocenters. The van der Waals surface area contributed by atoms with Crippen molar-refractivity contribution in [1.29, 1.82) is 0 Å². The molecule has 0 N–H and O–H groups in total. The Morgan fingerprint density at radius 2 is 1.71 bits per heavy atom. The van der Waals surface area contributed by atoms with Crippen molar-refractivity contribution in [2.45, 2.75) is 0 Å². The normalized spacial score (nSPS) is 10.0. The van der Waals surface area contributed by atoms with Gasteiger partial charge in [-0.15, -0.1) is 0 Å². The van der Waals surface area contributed by atoms with Gasteiger partial charge in [0, 0.05) is 12.7 Å². The predicted octanol–water partition coefficient (Wildman–Crippen LogP) is 2.99. The number of nitrogens with zero attached hydrogens (tertiary/aromatic N) is 1. The molecular formula is C17H19NO3. The summed E-state index contributed by atoms with van der Waals surface area (Å²) in [5.74, 6) is 0.398. The van der Waals surface area contributed by atoms with Crippen molar-refractivity contribution in [3.63, 3.8) is 0 Å². The third kappa shape index (κ3) is 4.24. The van der Waals surface area contributed by atoms with Crippen LogP contribution in [0.4, 0.5) is 5.69 Å². The smallest absolute Gasteiger partial charge is 0.338 e. The van der Waals surface area contributed by atoms with Crippen LogP contribution < -0.4 is 9.64 Å². The van der Waals surface area contributed by atoms with Gasteiger partial charge in [0.2, 0.25) is 0 Å². The van der Waals surface area contributed by atoms with Crippen LogP contribution in [-0.2, 0) is 4.74 Å². The molecule has 2 aromatic carbocycles. The van der Waals surface area contributed by atoms with Crippen molar-refractivity contribution in [3.8, 4) is 5.75 Å². The van der Waals surface area contributed by atoms with Crippen molar-refractivity contribution in [2.24, 2.45) is 0 Å². The molecule has 0 heterocycles. The molecule has 0 fully saturated rings. The molecule has 0 aliphatic heterocycles. The van der Waals surface area contributed by atoms with E-state index in [0.29, 0.717) is 18.7 Å². The molecule has 0 spiro atoms. The highest BCUT2D eigenvalue weighted by Crippen LogP contribution is 2.13. The SMILES string of the molecule is COc1ccc(C(=O)OCCN(C)c2ccccc2)cc1. The highest BCUT2D eigenvalue weighted by molar-refractivity contribution is 5.89. The zero-order valence-electron chi connectivity index (χ0n) is 12.3. The molecule has 0 radical (unpaired) electrons. The van der Waals surface area contributed by atoms with Crippen LogP contribution >= 0.6 is 0 Å². The van der Waals surface area contributed by atoms with Gasteiger partial charge in [0.05, 0.1) is 19.2 Å². The fraction of sp³-hybridized carbons (Fsp3) is 0.235. The van der Waals surface area contributed by atoms with E-state index in [1.165, 1.54) is 0 Å². The van der Waals surface area contributed by atoms with Crippen molar-refractivity contribution >= 4 is 11.7 Å². The average molecular weight is 285 g/mol. The second-order valence-electron chi connectivity index (χ2n) is 4.62. The second-order valence-corrected chi connectivity index (χ2v) is 4.62. The fourth-order valence-electron chi connectivity index (χ4n) is 1.90. The van der Waals surface area contributed by atoms with E-state index in [2.05, 4.69) is 0 Å². The van der Waals surface area contributed by atoms with E-state index in [9.17, 15) is 4.79 Å². The Labute approximate surface area is 124 Å². The first-order valence-corrected chi connectivity index (χ1v) is 6.78. The molecule has 0 amide bonds. The summed E-state index contributed by atoms with van der Waals surface area (Å²) in [6, 6.07) is 16.9. The molecule has 0 saturated heterocycles. The number of methoxy groups -OCH3 is 1. The zero-order valence-corrected chi connectivity index (χ0v) is 12.3. The largest absolute Gasteiger partial charge is 0.497 e. The number of hydrogen-bond acceptors (Lipinski definition) is 4. The Morgan fingerprint density at radius 1 is 1.05 bits per heavy atom. The van der Waals surface area contributed by atoms with E-state index in [0.717, 1.165) is 11.4 Å². The first kappa shape index (κ1) is 14.9. The van der Waals surface area contributed by atoms with Crippen LogP contribution in [0.25, 0.3) is 0 Å². The monoisotopic (exact) mass is 285 g/mol. The molecule has 110 valence electrons. The van der Waals surface area contributed by atoms with Crippen LogP contribution in [0.15, 0.2) is 54.6 Å². The maximum Gasteiger partial charge on any atom is 0.338 e. The van der Waals surface area contributed by atoms with Gasteiger partial charge in [-0.25, -0.2) is 4.79 Å². The second kappa shape index (κ2) is 7.33. The number of benzene rings is 2. The van der Waals surface area contributed by atoms with Crippen LogP contribution in [-0.4, -0.2) is 33.3 Å². The molecular weight excluding hydrogens is 266 g/mol. The molecule has 2 rings (SSSR count). The van der Waals surface area contributed by atoms with Crippen LogP contribution in [0.1, 0.15) is 10.4 Å². The van der Waals surface area contributed by atoms with Gasteiger partial charge < -0.3 is 14.4 Å². The minimum absolute atomic E-state index is 0.320. The third-order valence-electron chi connectivity index (χ3n) is 3.18. The number of ether oxygens (including phenoxy) is 2. The number of rotatable bonds is 6. The van der Waals surface area contributed by atoms with E-state index in [-0.39, 0.29) is 5.97 Å². The van der Waals surface area contributed by atoms with Gasteiger partial charge in [0.1, 0.15) is 12.4 Å². The minimum atomic E-state index is -0.320. The maximum absolute atomic E-state index is 11.9. The summed E-state index contributed by atoms with van der Waals surface area (Å²) in [7, 11) is 3.56. The lowest BCUT2D eigenvalue weighted by molar-refractivity contribution is 0.0516. The van der Waals surface area contributed by atoms with Gasteiger partial charge in [-0.05, 0) is 36.4 Å². The number of carbonyl (C=O) groups excluding carboxylic acids is 1. The van der Waals surface area contributed by atoms with Crippen molar-refractivity contribution in [3.05, 3.63) is 60.2 Å². The van der Waals surface area contributed by atoms with Gasteiger partial charge in [-0.1, -0.05) is 18.2 Å². The number of esters is 1. The summed E-state index contributed by atoms with van der Waals surface area (Å²) in [6.07, 6.45) is 0. The molecule has 4 heteroatoms. The highest BCUT2D eigenvalue weighted by Gasteiger charge is 2.08. The summed E-state index contributed by atoms with van der Waals surface area (Å²) >= 11 is 0. The van der Waals surface area contributed by atoms with E-state index in [1.807, 2.05) is 42.3 Å². The Morgan fingerprint density at radius 3 is 2.33 bits per heavy atom. The van der Waals surface area contributed by atoms with E-state index in [4.69, 9.17) is 9.47 Å². The lowest BCUT2D eigenvalue weighted by atomic mass is 10.2. The topological polar surface area (TPSA) is 38.8 Å². The van der Waals surface area contributed by atoms with Gasteiger partial charge in [0.15, 0.2) is 0 Å². The Kier molecular flexibility index (Phi) is 5.21. The van der Waals surface area contributed by atoms with Crippen LogP contribution in [0.3, 0.4) is 0 Å². The third-order valence-corrected chi connectivity index (χ3v) is 3.18. The number of likely N-dealkylation sites (N-methyl/N-ethyl adjacent to an activating group) is 1. The molecule has 2 aromatic rings. The molecule has 0 atom stereocenters. The van der Waals surface area contributed by atoms with Crippen LogP contribution in [0.2, 0.25) is 0 Å². The quantitative estimate of drug-likeness (QED) is 0.765. The molecule has 0 bridgehead atoms. The Bertz CT molecular complexity index is 566. The van der Waals surface area contributed by atoms with Crippen LogP contribution in [0, 0.1) is 0 Å². The number of para-hydroxylation sites is 1. The lowest BCUT2D eigenvalue weighted by Crippen LogP contribution is -2.23. The van der Waals surface area contributed by atoms with E-state index in [1.54, 1.807) is 31.4 Å². The van der Waals surface area contributed by atoms with Crippen LogP contribution in [0.5, 0.6) is 5.75 Å². The minimum Gasteiger partial charge on any atom is -0.497 e. The lowest BCUT2D eigenvalue weighted by Gasteiger charge is -2.18. The standard InChI is InChI=1S/C17H19NO3/c1-18(15-6-4-3-5-7-15)12-13-21-17(19)14-8-10-16(20-2)11-9-14/h3-11H,12-13H2,1-2H3. The number of hydrogen-bond donors (Lipinski definition) is 0. The van der Waals surface area contributed by atoms with Crippen molar-refractivity contribution in [2.75, 3.05) is 32.2 Å². The van der Waals surface area contributed by atoms with Gasteiger partial charge in [0.25, 0.3) is 0 Å². The van der Waals surface area contributed by atoms with E-state index < -0.39 is 0 Å². The average Bonchev–Trinajstić information content (AvgIpc) is 2.55.